The highest BCUT2D eigenvalue weighted by molar-refractivity contribution is 7.92. The molecule has 0 saturated heterocycles. The number of nitrogens with zero attached hydrogens (tertiary/aromatic N) is 2. The van der Waals surface area contributed by atoms with Crippen molar-refractivity contribution in [2.75, 3.05) is 17.6 Å². The molecule has 3 N–H and O–H groups in total. The summed E-state index contributed by atoms with van der Waals surface area (Å²) in [5.41, 5.74) is 6.42. The number of anilines is 2. The summed E-state index contributed by atoms with van der Waals surface area (Å²) in [5.74, 6) is 0.353. The molecule has 0 fully saturated rings. The quantitative estimate of drug-likeness (QED) is 0.808. The minimum absolute atomic E-state index is 0.0615. The summed E-state index contributed by atoms with van der Waals surface area (Å²) < 4.78 is 33.2. The van der Waals surface area contributed by atoms with Crippen LogP contribution >= 0.6 is 0 Å². The molecule has 2 rings (SSSR count). The van der Waals surface area contributed by atoms with Crippen molar-refractivity contribution in [2.45, 2.75) is 5.03 Å². The second kappa shape index (κ2) is 4.81. The Hall–Kier alpha value is -2.22. The molecular formula is C11H14N4O3S. The van der Waals surface area contributed by atoms with Crippen molar-refractivity contribution in [3.8, 4) is 5.75 Å². The highest BCUT2D eigenvalue weighted by Crippen LogP contribution is 2.28. The summed E-state index contributed by atoms with van der Waals surface area (Å²) in [5, 5.41) is 3.89. The minimum Gasteiger partial charge on any atom is -0.494 e. The van der Waals surface area contributed by atoms with Crippen LogP contribution in [0.2, 0.25) is 0 Å². The number of nitrogens with two attached hydrogens (primary N) is 1. The SMILES string of the molecule is COc1cc(N)ccc1NS(=O)(=O)c1ccnn1C. The van der Waals surface area contributed by atoms with Crippen LogP contribution in [0, 0.1) is 0 Å². The summed E-state index contributed by atoms with van der Waals surface area (Å²) in [6, 6.07) is 6.08. The Morgan fingerprint density at radius 3 is 2.68 bits per heavy atom. The Labute approximate surface area is 111 Å². The molecule has 0 radical (unpaired) electrons. The number of nitrogen functional groups attached to an aromatic ring is 1. The summed E-state index contributed by atoms with van der Waals surface area (Å²) in [4.78, 5) is 0. The highest BCUT2D eigenvalue weighted by atomic mass is 32.2. The van der Waals surface area contributed by atoms with E-state index in [-0.39, 0.29) is 5.03 Å². The monoisotopic (exact) mass is 282 g/mol. The van der Waals surface area contributed by atoms with Crippen LogP contribution in [0.4, 0.5) is 11.4 Å². The maximum Gasteiger partial charge on any atom is 0.279 e. The first kappa shape index (κ1) is 13.2. The van der Waals surface area contributed by atoms with E-state index in [1.165, 1.54) is 24.1 Å². The van der Waals surface area contributed by atoms with E-state index >= 15 is 0 Å². The molecule has 0 amide bonds. The van der Waals surface area contributed by atoms with Crippen molar-refractivity contribution >= 4 is 21.4 Å². The van der Waals surface area contributed by atoms with Crippen LogP contribution < -0.4 is 15.2 Å². The molecule has 0 aliphatic rings. The Balaban J connectivity index is 2.39. The van der Waals surface area contributed by atoms with Gasteiger partial charge in [-0.1, -0.05) is 0 Å². The van der Waals surface area contributed by atoms with Gasteiger partial charge < -0.3 is 10.5 Å². The molecular weight excluding hydrogens is 268 g/mol. The van der Waals surface area contributed by atoms with Gasteiger partial charge in [0.15, 0.2) is 5.03 Å². The third kappa shape index (κ3) is 2.63. The predicted molar refractivity (Wildman–Crippen MR) is 71.4 cm³/mol. The van der Waals surface area contributed by atoms with Gasteiger partial charge in [-0.15, -0.1) is 0 Å². The summed E-state index contributed by atoms with van der Waals surface area (Å²) >= 11 is 0. The molecule has 0 atom stereocenters. The van der Waals surface area contributed by atoms with Gasteiger partial charge in [0.05, 0.1) is 19.0 Å². The maximum atomic E-state index is 12.2. The Bertz CT molecular complexity index is 694. The number of aryl methyl sites for hydroxylation is 1. The van der Waals surface area contributed by atoms with E-state index in [9.17, 15) is 8.42 Å². The number of rotatable bonds is 4. The fourth-order valence-corrected chi connectivity index (χ4v) is 2.81. The topological polar surface area (TPSA) is 99.2 Å². The van der Waals surface area contributed by atoms with Gasteiger partial charge in [-0.25, -0.2) is 0 Å². The fourth-order valence-electron chi connectivity index (χ4n) is 1.61. The van der Waals surface area contributed by atoms with E-state index in [4.69, 9.17) is 10.5 Å². The average Bonchev–Trinajstić information content (AvgIpc) is 2.78. The van der Waals surface area contributed by atoms with E-state index in [1.807, 2.05) is 0 Å². The predicted octanol–water partition coefficient (Wildman–Crippen LogP) is 0.812. The standard InChI is InChI=1S/C11H14N4O3S/c1-15-11(5-6-13-15)19(16,17)14-9-4-3-8(12)7-10(9)18-2/h3-7,14H,12H2,1-2H3. The zero-order valence-electron chi connectivity index (χ0n) is 10.5. The Morgan fingerprint density at radius 1 is 1.37 bits per heavy atom. The molecule has 7 nitrogen and oxygen atoms in total. The molecule has 0 aliphatic carbocycles. The van der Waals surface area contributed by atoms with Crippen molar-refractivity contribution in [3.05, 3.63) is 30.5 Å². The lowest BCUT2D eigenvalue weighted by Gasteiger charge is -2.12. The largest absolute Gasteiger partial charge is 0.494 e. The van der Waals surface area contributed by atoms with E-state index in [1.54, 1.807) is 25.2 Å². The van der Waals surface area contributed by atoms with Crippen LogP contribution in [-0.2, 0) is 17.1 Å². The van der Waals surface area contributed by atoms with Crippen LogP contribution in [0.25, 0.3) is 0 Å². The molecule has 1 heterocycles. The van der Waals surface area contributed by atoms with Gasteiger partial charge in [-0.2, -0.15) is 13.5 Å². The minimum atomic E-state index is -3.72. The molecule has 8 heteroatoms. The van der Waals surface area contributed by atoms with Crippen LogP contribution in [0.5, 0.6) is 5.75 Å². The zero-order valence-corrected chi connectivity index (χ0v) is 11.3. The van der Waals surface area contributed by atoms with E-state index in [2.05, 4.69) is 9.82 Å². The van der Waals surface area contributed by atoms with Crippen molar-refractivity contribution in [1.29, 1.82) is 0 Å². The lowest BCUT2D eigenvalue weighted by Crippen LogP contribution is -2.17. The first-order chi connectivity index (χ1) is 8.94. The van der Waals surface area contributed by atoms with Gasteiger partial charge in [-0.3, -0.25) is 9.40 Å². The smallest absolute Gasteiger partial charge is 0.279 e. The lowest BCUT2D eigenvalue weighted by atomic mass is 10.2. The number of nitrogens with one attached hydrogen (secondary N) is 1. The highest BCUT2D eigenvalue weighted by Gasteiger charge is 2.19. The van der Waals surface area contributed by atoms with E-state index in [0.717, 1.165) is 0 Å². The van der Waals surface area contributed by atoms with E-state index in [0.29, 0.717) is 17.1 Å². The van der Waals surface area contributed by atoms with Gasteiger partial charge in [-0.05, 0) is 18.2 Å². The number of sulfonamides is 1. The number of aromatic nitrogens is 2. The summed E-state index contributed by atoms with van der Waals surface area (Å²) in [6.07, 6.45) is 1.41. The molecule has 0 unspecified atom stereocenters. The van der Waals surface area contributed by atoms with Crippen molar-refractivity contribution in [2.24, 2.45) is 7.05 Å². The van der Waals surface area contributed by atoms with Crippen LogP contribution in [0.3, 0.4) is 0 Å². The maximum absolute atomic E-state index is 12.2. The first-order valence-corrected chi connectivity index (χ1v) is 6.86. The molecule has 1 aromatic heterocycles. The van der Waals surface area contributed by atoms with Crippen LogP contribution in [0.15, 0.2) is 35.5 Å². The van der Waals surface area contributed by atoms with Gasteiger partial charge in [0.25, 0.3) is 10.0 Å². The van der Waals surface area contributed by atoms with Crippen molar-refractivity contribution in [3.63, 3.8) is 0 Å². The molecule has 102 valence electrons. The number of benzene rings is 1. The molecule has 2 aromatic rings. The normalized spacial score (nSPS) is 11.3. The lowest BCUT2D eigenvalue weighted by molar-refractivity contribution is 0.417. The van der Waals surface area contributed by atoms with Gasteiger partial charge in [0.2, 0.25) is 0 Å². The molecule has 0 aliphatic heterocycles. The van der Waals surface area contributed by atoms with Crippen LogP contribution in [-0.4, -0.2) is 25.3 Å². The Kier molecular flexibility index (Phi) is 3.34. The number of hydrogen-bond donors (Lipinski definition) is 2. The third-order valence-electron chi connectivity index (χ3n) is 2.52. The molecule has 0 saturated carbocycles. The number of ether oxygens (including phenoxy) is 1. The van der Waals surface area contributed by atoms with Gasteiger partial charge in [0.1, 0.15) is 5.75 Å². The first-order valence-electron chi connectivity index (χ1n) is 5.38. The Morgan fingerprint density at radius 2 is 2.11 bits per heavy atom. The average molecular weight is 282 g/mol. The van der Waals surface area contributed by atoms with Crippen LogP contribution in [0.1, 0.15) is 0 Å². The summed E-state index contributed by atoms with van der Waals surface area (Å²) in [7, 11) is -0.725. The van der Waals surface area contributed by atoms with Crippen molar-refractivity contribution < 1.29 is 13.2 Å². The number of hydrogen-bond acceptors (Lipinski definition) is 5. The second-order valence-electron chi connectivity index (χ2n) is 3.86. The third-order valence-corrected chi connectivity index (χ3v) is 3.96. The zero-order chi connectivity index (χ0) is 14.0. The molecule has 1 aromatic carbocycles. The van der Waals surface area contributed by atoms with E-state index < -0.39 is 10.0 Å². The number of methoxy groups -OCH3 is 1. The second-order valence-corrected chi connectivity index (χ2v) is 5.49. The summed E-state index contributed by atoms with van der Waals surface area (Å²) in [6.45, 7) is 0. The molecule has 0 spiro atoms. The van der Waals surface area contributed by atoms with Crippen molar-refractivity contribution in [1.82, 2.24) is 9.78 Å². The van der Waals surface area contributed by atoms with Gasteiger partial charge in [0, 0.05) is 18.8 Å². The van der Waals surface area contributed by atoms with Gasteiger partial charge >= 0.3 is 0 Å². The molecule has 19 heavy (non-hydrogen) atoms. The molecule has 0 bridgehead atoms. The fraction of sp³-hybridized carbons (Fsp3) is 0.182.